The summed E-state index contributed by atoms with van der Waals surface area (Å²) in [7, 11) is 0. The lowest BCUT2D eigenvalue weighted by atomic mass is 10.1. The number of hydrogen-bond acceptors (Lipinski definition) is 2. The van der Waals surface area contributed by atoms with Crippen molar-refractivity contribution >= 4 is 27.6 Å². The van der Waals surface area contributed by atoms with Gasteiger partial charge in [0.1, 0.15) is 0 Å². The summed E-state index contributed by atoms with van der Waals surface area (Å²) < 4.78 is 0. The van der Waals surface area contributed by atoms with Crippen molar-refractivity contribution in [2.75, 3.05) is 0 Å². The monoisotopic (exact) mass is 215 g/mol. The summed E-state index contributed by atoms with van der Waals surface area (Å²) in [6.07, 6.45) is 0. The molecule has 0 aliphatic rings. The van der Waals surface area contributed by atoms with Gasteiger partial charge in [-0.15, -0.1) is 11.8 Å². The number of nitrogens with one attached hydrogen (secondary N) is 1. The average molecular weight is 215 g/mol. The quantitative estimate of drug-likeness (QED) is 0.592. The highest BCUT2D eigenvalue weighted by atomic mass is 32.2. The van der Waals surface area contributed by atoms with Crippen molar-refractivity contribution in [3.63, 3.8) is 0 Å². The van der Waals surface area contributed by atoms with E-state index in [4.69, 9.17) is 5.41 Å². The minimum absolute atomic E-state index is 0.669. The van der Waals surface area contributed by atoms with Crippen LogP contribution in [0.15, 0.2) is 42.5 Å². The first-order valence-corrected chi connectivity index (χ1v) is 5.90. The predicted octanol–water partition coefficient (Wildman–Crippen LogP) is 4.07. The second kappa shape index (κ2) is 4.49. The normalized spacial score (nSPS) is 10.5. The van der Waals surface area contributed by atoms with Crippen molar-refractivity contribution in [2.45, 2.75) is 12.7 Å². The van der Waals surface area contributed by atoms with E-state index in [-0.39, 0.29) is 0 Å². The zero-order valence-electron chi connectivity index (χ0n) is 8.66. The van der Waals surface area contributed by atoms with E-state index in [1.807, 2.05) is 6.92 Å². The molecule has 0 atom stereocenters. The minimum atomic E-state index is 0.669. The van der Waals surface area contributed by atoms with Crippen LogP contribution in [0.3, 0.4) is 0 Å². The Morgan fingerprint density at radius 1 is 1.13 bits per heavy atom. The molecule has 0 radical (unpaired) electrons. The van der Waals surface area contributed by atoms with Gasteiger partial charge in [0.25, 0.3) is 0 Å². The van der Waals surface area contributed by atoms with Crippen molar-refractivity contribution < 1.29 is 0 Å². The van der Waals surface area contributed by atoms with Crippen molar-refractivity contribution in [1.82, 2.24) is 0 Å². The van der Waals surface area contributed by atoms with Gasteiger partial charge < -0.3 is 0 Å². The van der Waals surface area contributed by atoms with Crippen LogP contribution in [0.4, 0.5) is 0 Å². The van der Waals surface area contributed by atoms with Gasteiger partial charge in [-0.1, -0.05) is 42.5 Å². The summed E-state index contributed by atoms with van der Waals surface area (Å²) >= 11 is 1.58. The fraction of sp³-hybridized carbons (Fsp3) is 0.154. The van der Waals surface area contributed by atoms with E-state index >= 15 is 0 Å². The van der Waals surface area contributed by atoms with Gasteiger partial charge in [0.15, 0.2) is 0 Å². The molecular formula is C13H13NS. The Morgan fingerprint density at radius 3 is 2.67 bits per heavy atom. The number of hydrogen-bond donors (Lipinski definition) is 1. The van der Waals surface area contributed by atoms with Crippen LogP contribution in [0.5, 0.6) is 0 Å². The second-order valence-electron chi connectivity index (χ2n) is 3.48. The van der Waals surface area contributed by atoms with E-state index < -0.39 is 0 Å². The summed E-state index contributed by atoms with van der Waals surface area (Å²) in [5, 5.41) is 10.7. The fourth-order valence-electron chi connectivity index (χ4n) is 1.60. The molecule has 2 heteroatoms. The summed E-state index contributed by atoms with van der Waals surface area (Å²) in [5.74, 6) is 0.886. The molecule has 0 unspecified atom stereocenters. The van der Waals surface area contributed by atoms with Crippen LogP contribution in [0, 0.1) is 5.41 Å². The van der Waals surface area contributed by atoms with Crippen molar-refractivity contribution in [3.05, 3.63) is 48.0 Å². The summed E-state index contributed by atoms with van der Waals surface area (Å²) in [5.41, 5.74) is 1.31. The molecule has 2 rings (SSSR count). The van der Waals surface area contributed by atoms with Gasteiger partial charge >= 0.3 is 0 Å². The van der Waals surface area contributed by atoms with Crippen molar-refractivity contribution in [2.24, 2.45) is 0 Å². The Morgan fingerprint density at radius 2 is 1.87 bits per heavy atom. The van der Waals surface area contributed by atoms with Gasteiger partial charge in [0.2, 0.25) is 0 Å². The predicted molar refractivity (Wildman–Crippen MR) is 68.6 cm³/mol. The smallest absolute Gasteiger partial charge is 0.0613 e. The van der Waals surface area contributed by atoms with Crippen LogP contribution in [0.25, 0.3) is 10.8 Å². The molecule has 0 aromatic heterocycles. The molecule has 0 heterocycles. The first kappa shape index (κ1) is 10.2. The maximum absolute atomic E-state index is 7.41. The molecule has 1 nitrogen and oxygen atoms in total. The first-order valence-electron chi connectivity index (χ1n) is 4.92. The number of thioether (sulfide) groups is 1. The number of rotatable bonds is 2. The van der Waals surface area contributed by atoms with Crippen LogP contribution in [0.2, 0.25) is 0 Å². The standard InChI is InChI=1S/C13H13NS/c1-10(14)15-9-12-7-4-6-11-5-2-3-8-13(11)12/h2-8,14H,9H2,1H3. The zero-order chi connectivity index (χ0) is 10.7. The van der Waals surface area contributed by atoms with E-state index in [9.17, 15) is 0 Å². The van der Waals surface area contributed by atoms with Crippen molar-refractivity contribution in [3.8, 4) is 0 Å². The molecule has 1 N–H and O–H groups in total. The second-order valence-corrected chi connectivity index (χ2v) is 4.67. The zero-order valence-corrected chi connectivity index (χ0v) is 9.47. The van der Waals surface area contributed by atoms with Gasteiger partial charge in [-0.25, -0.2) is 0 Å². The minimum Gasteiger partial charge on any atom is -0.299 e. The third-order valence-electron chi connectivity index (χ3n) is 2.32. The Balaban J connectivity index is 2.38. The van der Waals surface area contributed by atoms with Crippen LogP contribution in [0.1, 0.15) is 12.5 Å². The van der Waals surface area contributed by atoms with Crippen molar-refractivity contribution in [1.29, 1.82) is 5.41 Å². The molecule has 2 aromatic rings. The molecule has 0 aliphatic carbocycles. The average Bonchev–Trinajstić information content (AvgIpc) is 2.26. The highest BCUT2D eigenvalue weighted by Crippen LogP contribution is 2.22. The van der Waals surface area contributed by atoms with Crippen LogP contribution >= 0.6 is 11.8 Å². The topological polar surface area (TPSA) is 23.9 Å². The molecule has 2 aromatic carbocycles. The SMILES string of the molecule is CC(=N)SCc1cccc2ccccc12. The summed E-state index contributed by atoms with van der Waals surface area (Å²) in [6, 6.07) is 14.7. The number of benzene rings is 2. The molecule has 76 valence electrons. The first-order chi connectivity index (χ1) is 7.27. The molecule has 15 heavy (non-hydrogen) atoms. The molecule has 0 fully saturated rings. The lowest BCUT2D eigenvalue weighted by Gasteiger charge is -2.05. The Labute approximate surface area is 94.0 Å². The lowest BCUT2D eigenvalue weighted by Crippen LogP contribution is -1.86. The molecule has 0 saturated carbocycles. The third-order valence-corrected chi connectivity index (χ3v) is 3.21. The van der Waals surface area contributed by atoms with Gasteiger partial charge in [-0.2, -0.15) is 0 Å². The van der Waals surface area contributed by atoms with Gasteiger partial charge in [-0.05, 0) is 23.3 Å². The largest absolute Gasteiger partial charge is 0.299 e. The Bertz CT molecular complexity index is 485. The maximum atomic E-state index is 7.41. The molecule has 0 spiro atoms. The third kappa shape index (κ3) is 2.39. The maximum Gasteiger partial charge on any atom is 0.0613 e. The van der Waals surface area contributed by atoms with Gasteiger partial charge in [0.05, 0.1) is 5.04 Å². The van der Waals surface area contributed by atoms with Crippen LogP contribution in [-0.2, 0) is 5.75 Å². The summed E-state index contributed by atoms with van der Waals surface area (Å²) in [4.78, 5) is 0. The molecule has 0 aliphatic heterocycles. The van der Waals surface area contributed by atoms with Gasteiger partial charge in [-0.3, -0.25) is 5.41 Å². The van der Waals surface area contributed by atoms with E-state index in [1.54, 1.807) is 11.8 Å². The van der Waals surface area contributed by atoms with Gasteiger partial charge in [0, 0.05) is 5.75 Å². The van der Waals surface area contributed by atoms with E-state index in [1.165, 1.54) is 16.3 Å². The molecule has 0 amide bonds. The van der Waals surface area contributed by atoms with E-state index in [2.05, 4.69) is 42.5 Å². The van der Waals surface area contributed by atoms with Crippen LogP contribution < -0.4 is 0 Å². The highest BCUT2D eigenvalue weighted by Gasteiger charge is 2.00. The molecule has 0 saturated heterocycles. The van der Waals surface area contributed by atoms with E-state index in [0.29, 0.717) is 5.04 Å². The highest BCUT2D eigenvalue weighted by molar-refractivity contribution is 8.13. The molecular weight excluding hydrogens is 202 g/mol. The number of fused-ring (bicyclic) bond motifs is 1. The van der Waals surface area contributed by atoms with E-state index in [0.717, 1.165) is 5.75 Å². The fourth-order valence-corrected chi connectivity index (χ4v) is 2.23. The van der Waals surface area contributed by atoms with Crippen LogP contribution in [-0.4, -0.2) is 5.04 Å². The summed E-state index contributed by atoms with van der Waals surface area (Å²) in [6.45, 7) is 1.83. The molecule has 0 bridgehead atoms. The lowest BCUT2D eigenvalue weighted by molar-refractivity contribution is 1.46. The Hall–Kier alpha value is -1.28. The Kier molecular flexibility index (Phi) is 3.07.